The molecule has 0 atom stereocenters. The Morgan fingerprint density at radius 2 is 1.94 bits per heavy atom. The van der Waals surface area contributed by atoms with Crippen LogP contribution in [-0.2, 0) is 6.42 Å². The van der Waals surface area contributed by atoms with E-state index in [0.29, 0.717) is 11.0 Å². The van der Waals surface area contributed by atoms with Gasteiger partial charge < -0.3 is 0 Å². The van der Waals surface area contributed by atoms with Crippen molar-refractivity contribution in [3.63, 3.8) is 0 Å². The first kappa shape index (κ1) is 14.7. The molecule has 0 N–H and O–H groups in total. The van der Waals surface area contributed by atoms with Gasteiger partial charge in [-0.3, -0.25) is 0 Å². The van der Waals surface area contributed by atoms with Gasteiger partial charge in [0.05, 0.1) is 9.26 Å². The van der Waals surface area contributed by atoms with Crippen LogP contribution in [0.5, 0.6) is 0 Å². The minimum absolute atomic E-state index is 0.511. The number of rotatable bonds is 2. The number of hydrogen-bond donors (Lipinski definition) is 0. The largest absolute Gasteiger partial charge is 0.232 e. The predicted octanol–water partition coefficient (Wildman–Crippen LogP) is 5.49. The normalized spacial score (nSPS) is 10.7. The van der Waals surface area contributed by atoms with Gasteiger partial charge in [0.2, 0.25) is 0 Å². The zero-order valence-corrected chi connectivity index (χ0v) is 15.4. The van der Waals surface area contributed by atoms with Crippen LogP contribution in [0.3, 0.4) is 0 Å². The van der Waals surface area contributed by atoms with Crippen molar-refractivity contribution in [2.45, 2.75) is 13.3 Å². The lowest BCUT2D eigenvalue weighted by atomic mass is 10.2. The molecule has 0 aliphatic rings. The van der Waals surface area contributed by atoms with Crippen LogP contribution in [0.4, 0.5) is 0 Å². The average molecular weight is 502 g/mol. The van der Waals surface area contributed by atoms with Gasteiger partial charge in [0.15, 0.2) is 5.82 Å². The Bertz CT molecular complexity index is 605. The maximum absolute atomic E-state index is 6.14. The number of aryl methyl sites for hydroxylation is 1. The monoisotopic (exact) mass is 500 g/mol. The number of benzene rings is 1. The summed E-state index contributed by atoms with van der Waals surface area (Å²) in [6, 6.07) is 5.90. The van der Waals surface area contributed by atoms with Crippen LogP contribution in [0.15, 0.2) is 27.1 Å². The molecule has 0 amide bonds. The molecule has 6 heteroatoms. The molecule has 0 aliphatic heterocycles. The van der Waals surface area contributed by atoms with Gasteiger partial charge in [-0.1, -0.05) is 18.5 Å². The summed E-state index contributed by atoms with van der Waals surface area (Å²) in [4.78, 5) is 8.89. The third-order valence-corrected chi connectivity index (χ3v) is 6.00. The zero-order valence-electron chi connectivity index (χ0n) is 9.35. The summed E-state index contributed by atoms with van der Waals surface area (Å²) in [6.45, 7) is 2.06. The molecule has 0 saturated heterocycles. The van der Waals surface area contributed by atoms with Crippen molar-refractivity contribution in [1.29, 1.82) is 0 Å². The summed E-state index contributed by atoms with van der Waals surface area (Å²) in [5, 5.41) is 0.511. The summed E-state index contributed by atoms with van der Waals surface area (Å²) in [5.74, 6) is 0.658. The highest BCUT2D eigenvalue weighted by Crippen LogP contribution is 2.29. The lowest BCUT2D eigenvalue weighted by Crippen LogP contribution is -1.99. The number of nitrogens with zero attached hydrogens (tertiary/aromatic N) is 2. The molecule has 0 radical (unpaired) electrons. The van der Waals surface area contributed by atoms with E-state index in [9.17, 15) is 0 Å². The van der Waals surface area contributed by atoms with Crippen molar-refractivity contribution >= 4 is 66.1 Å². The Hall–Kier alpha value is 0.280. The summed E-state index contributed by atoms with van der Waals surface area (Å²) in [6.07, 6.45) is 0.839. The molecule has 0 aliphatic carbocycles. The smallest absolute Gasteiger partial charge is 0.161 e. The van der Waals surface area contributed by atoms with E-state index in [-0.39, 0.29) is 0 Å². The average Bonchev–Trinajstić information content (AvgIpc) is 2.36. The Morgan fingerprint density at radius 3 is 2.56 bits per heavy atom. The van der Waals surface area contributed by atoms with Crippen LogP contribution in [0.1, 0.15) is 12.6 Å². The van der Waals surface area contributed by atoms with Crippen LogP contribution >= 0.6 is 66.1 Å². The summed E-state index contributed by atoms with van der Waals surface area (Å²) >= 11 is 15.2. The lowest BCUT2D eigenvalue weighted by Gasteiger charge is -2.07. The fourth-order valence-corrected chi connectivity index (χ4v) is 2.90. The molecule has 18 heavy (non-hydrogen) atoms. The van der Waals surface area contributed by atoms with E-state index in [0.717, 1.165) is 30.2 Å². The van der Waals surface area contributed by atoms with Gasteiger partial charge in [-0.25, -0.2) is 9.97 Å². The van der Waals surface area contributed by atoms with E-state index in [4.69, 9.17) is 11.6 Å². The van der Waals surface area contributed by atoms with Crippen molar-refractivity contribution in [3.8, 4) is 11.4 Å². The molecule has 1 aromatic heterocycles. The van der Waals surface area contributed by atoms with Crippen LogP contribution in [0.2, 0.25) is 5.15 Å². The summed E-state index contributed by atoms with van der Waals surface area (Å²) in [5.41, 5.74) is 1.92. The molecule has 0 fully saturated rings. The van der Waals surface area contributed by atoms with Crippen LogP contribution in [-0.4, -0.2) is 9.97 Å². The molecule has 2 aromatic rings. The molecule has 1 heterocycles. The highest BCUT2D eigenvalue weighted by molar-refractivity contribution is 14.1. The second-order valence-corrected chi connectivity index (χ2v) is 6.73. The Labute approximate surface area is 141 Å². The van der Waals surface area contributed by atoms with Crippen LogP contribution in [0, 0.1) is 3.57 Å². The topological polar surface area (TPSA) is 25.8 Å². The quantitative estimate of drug-likeness (QED) is 0.401. The van der Waals surface area contributed by atoms with Crippen molar-refractivity contribution in [2.24, 2.45) is 0 Å². The highest BCUT2D eigenvalue weighted by atomic mass is 127. The second kappa shape index (κ2) is 6.15. The van der Waals surface area contributed by atoms with Crippen LogP contribution in [0.25, 0.3) is 11.4 Å². The van der Waals surface area contributed by atoms with Crippen molar-refractivity contribution < 1.29 is 0 Å². The molecule has 0 unspecified atom stereocenters. The van der Waals surface area contributed by atoms with Gasteiger partial charge in [0.25, 0.3) is 0 Å². The highest BCUT2D eigenvalue weighted by Gasteiger charge is 2.11. The Morgan fingerprint density at radius 1 is 1.22 bits per heavy atom. The number of aromatic nitrogens is 2. The third kappa shape index (κ3) is 3.05. The van der Waals surface area contributed by atoms with E-state index >= 15 is 0 Å². The fraction of sp³-hybridized carbons (Fsp3) is 0.167. The minimum Gasteiger partial charge on any atom is -0.232 e. The first-order valence-electron chi connectivity index (χ1n) is 5.20. The van der Waals surface area contributed by atoms with Crippen molar-refractivity contribution in [2.75, 3.05) is 0 Å². The van der Waals surface area contributed by atoms with Gasteiger partial charge in [0.1, 0.15) is 5.15 Å². The van der Waals surface area contributed by atoms with Gasteiger partial charge in [-0.05, 0) is 79.1 Å². The number of hydrogen-bond acceptors (Lipinski definition) is 2. The predicted molar refractivity (Wildman–Crippen MR) is 90.0 cm³/mol. The molecule has 0 spiro atoms. The SMILES string of the molecule is CCc1nc(-c2ccc(Br)c(Br)c2)nc(Cl)c1I. The molecular formula is C12H8Br2ClIN2. The standard InChI is InChI=1S/C12H8Br2ClIN2/c1-2-9-10(16)11(15)18-12(17-9)6-3-4-7(13)8(14)5-6/h3-5H,2H2,1H3. The zero-order chi connectivity index (χ0) is 13.3. The Kier molecular flexibility index (Phi) is 5.02. The number of halogens is 4. The van der Waals surface area contributed by atoms with Crippen molar-refractivity contribution in [1.82, 2.24) is 9.97 Å². The molecule has 2 nitrogen and oxygen atoms in total. The molecule has 94 valence electrons. The van der Waals surface area contributed by atoms with Gasteiger partial charge in [-0.2, -0.15) is 0 Å². The third-order valence-electron chi connectivity index (χ3n) is 2.39. The van der Waals surface area contributed by atoms with Crippen molar-refractivity contribution in [3.05, 3.63) is 41.6 Å². The van der Waals surface area contributed by atoms with Gasteiger partial charge >= 0.3 is 0 Å². The van der Waals surface area contributed by atoms with Gasteiger partial charge in [-0.15, -0.1) is 0 Å². The van der Waals surface area contributed by atoms with E-state index in [1.54, 1.807) is 0 Å². The summed E-state index contributed by atoms with van der Waals surface area (Å²) in [7, 11) is 0. The van der Waals surface area contributed by atoms with E-state index in [2.05, 4.69) is 71.3 Å². The van der Waals surface area contributed by atoms with E-state index in [1.165, 1.54) is 0 Å². The molecule has 2 rings (SSSR count). The maximum Gasteiger partial charge on any atom is 0.161 e. The minimum atomic E-state index is 0.511. The van der Waals surface area contributed by atoms with Crippen LogP contribution < -0.4 is 0 Å². The first-order chi connectivity index (χ1) is 8.52. The maximum atomic E-state index is 6.14. The van der Waals surface area contributed by atoms with E-state index < -0.39 is 0 Å². The molecule has 0 saturated carbocycles. The second-order valence-electron chi connectivity index (χ2n) is 3.58. The fourth-order valence-electron chi connectivity index (χ4n) is 1.46. The Balaban J connectivity index is 2.57. The molecule has 1 aromatic carbocycles. The summed E-state index contributed by atoms with van der Waals surface area (Å²) < 4.78 is 2.89. The molecular weight excluding hydrogens is 494 g/mol. The lowest BCUT2D eigenvalue weighted by molar-refractivity contribution is 0.989. The van der Waals surface area contributed by atoms with Gasteiger partial charge in [0, 0.05) is 14.5 Å². The molecule has 0 bridgehead atoms. The first-order valence-corrected chi connectivity index (χ1v) is 8.24. The van der Waals surface area contributed by atoms with E-state index in [1.807, 2.05) is 18.2 Å².